The summed E-state index contributed by atoms with van der Waals surface area (Å²) in [6.45, 7) is 4.15. The second-order valence-electron chi connectivity index (χ2n) is 5.63. The van der Waals surface area contributed by atoms with E-state index in [1.165, 1.54) is 6.20 Å². The number of nitrogens with one attached hydrogen (secondary N) is 1. The van der Waals surface area contributed by atoms with Crippen molar-refractivity contribution >= 4 is 21.7 Å². The molecule has 106 valence electrons. The highest BCUT2D eigenvalue weighted by molar-refractivity contribution is 9.10. The van der Waals surface area contributed by atoms with Gasteiger partial charge in [-0.1, -0.05) is 20.3 Å². The molecule has 1 N–H and O–H groups in total. The van der Waals surface area contributed by atoms with E-state index in [1.807, 2.05) is 0 Å². The second kappa shape index (κ2) is 4.96. The number of pyridine rings is 1. The standard InChI is InChI=1S/C13H16BrF3N2/c1-12(2)5-3-4-10(12)19-11-9(13(15,16)17)6-8(14)7-18-11/h6-7,10H,3-5H2,1-2H3,(H,18,19). The van der Waals surface area contributed by atoms with Gasteiger partial charge in [0.1, 0.15) is 5.82 Å². The van der Waals surface area contributed by atoms with Crippen LogP contribution >= 0.6 is 15.9 Å². The maximum Gasteiger partial charge on any atom is 0.419 e. The van der Waals surface area contributed by atoms with Gasteiger partial charge in [0, 0.05) is 16.7 Å². The number of rotatable bonds is 2. The van der Waals surface area contributed by atoms with Crippen LogP contribution in [0.2, 0.25) is 0 Å². The van der Waals surface area contributed by atoms with E-state index in [0.29, 0.717) is 4.47 Å². The quantitative estimate of drug-likeness (QED) is 0.834. The van der Waals surface area contributed by atoms with Crippen LogP contribution in [0.25, 0.3) is 0 Å². The lowest BCUT2D eigenvalue weighted by Gasteiger charge is -2.29. The lowest BCUT2D eigenvalue weighted by atomic mass is 9.87. The van der Waals surface area contributed by atoms with Crippen LogP contribution in [-0.2, 0) is 6.18 Å². The van der Waals surface area contributed by atoms with Gasteiger partial charge < -0.3 is 5.32 Å². The Morgan fingerprint density at radius 3 is 2.63 bits per heavy atom. The zero-order valence-electron chi connectivity index (χ0n) is 10.8. The lowest BCUT2D eigenvalue weighted by molar-refractivity contribution is -0.137. The number of alkyl halides is 3. The van der Waals surface area contributed by atoms with Gasteiger partial charge in [-0.05, 0) is 40.3 Å². The molecule has 1 aliphatic rings. The van der Waals surface area contributed by atoms with Crippen LogP contribution in [0.3, 0.4) is 0 Å². The summed E-state index contributed by atoms with van der Waals surface area (Å²) in [5.41, 5.74) is -0.720. The highest BCUT2D eigenvalue weighted by Crippen LogP contribution is 2.41. The summed E-state index contributed by atoms with van der Waals surface area (Å²) in [6, 6.07) is 1.10. The summed E-state index contributed by atoms with van der Waals surface area (Å²) in [4.78, 5) is 3.90. The summed E-state index contributed by atoms with van der Waals surface area (Å²) in [5, 5.41) is 2.98. The van der Waals surface area contributed by atoms with Crippen LogP contribution < -0.4 is 5.32 Å². The first-order chi connectivity index (χ1) is 8.70. The van der Waals surface area contributed by atoms with E-state index < -0.39 is 11.7 Å². The summed E-state index contributed by atoms with van der Waals surface area (Å²) < 4.78 is 39.3. The van der Waals surface area contributed by atoms with E-state index in [9.17, 15) is 13.2 Å². The first-order valence-corrected chi connectivity index (χ1v) is 6.99. The molecule has 6 heteroatoms. The molecule has 19 heavy (non-hydrogen) atoms. The predicted molar refractivity (Wildman–Crippen MR) is 72.0 cm³/mol. The fourth-order valence-corrected chi connectivity index (χ4v) is 2.86. The zero-order chi connectivity index (χ0) is 14.3. The summed E-state index contributed by atoms with van der Waals surface area (Å²) in [7, 11) is 0. The van der Waals surface area contributed by atoms with Crippen molar-refractivity contribution in [3.63, 3.8) is 0 Å². The van der Waals surface area contributed by atoms with Gasteiger partial charge in [-0.3, -0.25) is 0 Å². The number of halogens is 4. The van der Waals surface area contributed by atoms with Gasteiger partial charge in [0.25, 0.3) is 0 Å². The Hall–Kier alpha value is -0.780. The second-order valence-corrected chi connectivity index (χ2v) is 6.54. The van der Waals surface area contributed by atoms with E-state index in [1.54, 1.807) is 0 Å². The molecule has 0 amide bonds. The molecular formula is C13H16BrF3N2. The fraction of sp³-hybridized carbons (Fsp3) is 0.615. The highest BCUT2D eigenvalue weighted by atomic mass is 79.9. The molecule has 2 rings (SSSR count). The van der Waals surface area contributed by atoms with E-state index in [4.69, 9.17) is 0 Å². The van der Waals surface area contributed by atoms with Crippen LogP contribution in [0.1, 0.15) is 38.7 Å². The fourth-order valence-electron chi connectivity index (χ4n) is 2.53. The minimum absolute atomic E-state index is 0.00236. The van der Waals surface area contributed by atoms with Gasteiger partial charge in [0.15, 0.2) is 0 Å². The van der Waals surface area contributed by atoms with Crippen LogP contribution in [0, 0.1) is 5.41 Å². The maximum atomic E-state index is 13.0. The molecule has 1 aromatic rings. The average molecular weight is 337 g/mol. The molecule has 0 bridgehead atoms. The van der Waals surface area contributed by atoms with E-state index in [0.717, 1.165) is 25.3 Å². The van der Waals surface area contributed by atoms with Crippen molar-refractivity contribution in [1.29, 1.82) is 0 Å². The molecule has 1 aromatic heterocycles. The Balaban J connectivity index is 2.30. The molecule has 1 atom stereocenters. The van der Waals surface area contributed by atoms with Crippen molar-refractivity contribution < 1.29 is 13.2 Å². The molecular weight excluding hydrogens is 321 g/mol. The molecule has 2 nitrogen and oxygen atoms in total. The van der Waals surface area contributed by atoms with Crippen LogP contribution in [0.4, 0.5) is 19.0 Å². The zero-order valence-corrected chi connectivity index (χ0v) is 12.4. The summed E-state index contributed by atoms with van der Waals surface area (Å²) in [5.74, 6) is -0.0734. The van der Waals surface area contributed by atoms with Crippen molar-refractivity contribution in [3.05, 3.63) is 22.3 Å². The van der Waals surface area contributed by atoms with Crippen molar-refractivity contribution in [2.75, 3.05) is 5.32 Å². The summed E-state index contributed by atoms with van der Waals surface area (Å²) >= 11 is 3.03. The SMILES string of the molecule is CC1(C)CCCC1Nc1ncc(Br)cc1C(F)(F)F. The van der Waals surface area contributed by atoms with E-state index in [-0.39, 0.29) is 17.3 Å². The number of anilines is 1. The molecule has 0 radical (unpaired) electrons. The largest absolute Gasteiger partial charge is 0.419 e. The van der Waals surface area contributed by atoms with Crippen molar-refractivity contribution in [2.45, 2.75) is 45.3 Å². The monoisotopic (exact) mass is 336 g/mol. The molecule has 1 saturated carbocycles. The lowest BCUT2D eigenvalue weighted by Crippen LogP contribution is -2.32. The van der Waals surface area contributed by atoms with Gasteiger partial charge in [-0.15, -0.1) is 0 Å². The summed E-state index contributed by atoms with van der Waals surface area (Å²) in [6.07, 6.45) is -0.0888. The first kappa shape index (κ1) is 14.6. The third-order valence-corrected chi connectivity index (χ3v) is 4.16. The van der Waals surface area contributed by atoms with Crippen LogP contribution in [-0.4, -0.2) is 11.0 Å². The molecule has 0 saturated heterocycles. The average Bonchev–Trinajstić information content (AvgIpc) is 2.59. The van der Waals surface area contributed by atoms with E-state index >= 15 is 0 Å². The third kappa shape index (κ3) is 3.22. The molecule has 0 aliphatic heterocycles. The van der Waals surface area contributed by atoms with E-state index in [2.05, 4.69) is 40.1 Å². The smallest absolute Gasteiger partial charge is 0.366 e. The molecule has 1 aliphatic carbocycles. The predicted octanol–water partition coefficient (Wildman–Crippen LogP) is 4.85. The highest BCUT2D eigenvalue weighted by Gasteiger charge is 2.38. The third-order valence-electron chi connectivity index (χ3n) is 3.73. The van der Waals surface area contributed by atoms with Gasteiger partial charge in [0.2, 0.25) is 0 Å². The Morgan fingerprint density at radius 1 is 1.42 bits per heavy atom. The molecule has 1 heterocycles. The van der Waals surface area contributed by atoms with Crippen LogP contribution in [0.15, 0.2) is 16.7 Å². The van der Waals surface area contributed by atoms with Crippen molar-refractivity contribution in [1.82, 2.24) is 4.98 Å². The van der Waals surface area contributed by atoms with Gasteiger partial charge >= 0.3 is 6.18 Å². The number of hydrogen-bond acceptors (Lipinski definition) is 2. The van der Waals surface area contributed by atoms with Crippen molar-refractivity contribution in [2.24, 2.45) is 5.41 Å². The minimum Gasteiger partial charge on any atom is -0.366 e. The normalized spacial score (nSPS) is 22.5. The molecule has 1 unspecified atom stereocenters. The van der Waals surface area contributed by atoms with Gasteiger partial charge in [0.05, 0.1) is 5.56 Å². The Bertz CT molecular complexity index is 471. The number of aromatic nitrogens is 1. The Kier molecular flexibility index (Phi) is 3.82. The first-order valence-electron chi connectivity index (χ1n) is 6.19. The van der Waals surface area contributed by atoms with Gasteiger partial charge in [-0.2, -0.15) is 13.2 Å². The van der Waals surface area contributed by atoms with Crippen molar-refractivity contribution in [3.8, 4) is 0 Å². The molecule has 1 fully saturated rings. The number of hydrogen-bond donors (Lipinski definition) is 1. The minimum atomic E-state index is -4.40. The van der Waals surface area contributed by atoms with Crippen LogP contribution in [0.5, 0.6) is 0 Å². The van der Waals surface area contributed by atoms with Gasteiger partial charge in [-0.25, -0.2) is 4.98 Å². The molecule has 0 spiro atoms. The Labute approximate surface area is 118 Å². The topological polar surface area (TPSA) is 24.9 Å². The Morgan fingerprint density at radius 2 is 2.11 bits per heavy atom. The number of nitrogens with zero attached hydrogens (tertiary/aromatic N) is 1. The maximum absolute atomic E-state index is 13.0. The molecule has 0 aromatic carbocycles.